The Morgan fingerprint density at radius 3 is 2.34 bits per heavy atom. The van der Waals surface area contributed by atoms with Crippen LogP contribution in [0.15, 0.2) is 70.4 Å². The maximum atomic E-state index is 13.1. The summed E-state index contributed by atoms with van der Waals surface area (Å²) >= 11 is 3.22. The van der Waals surface area contributed by atoms with Crippen LogP contribution in [0.2, 0.25) is 0 Å². The summed E-state index contributed by atoms with van der Waals surface area (Å²) in [5.74, 6) is -0.409. The van der Waals surface area contributed by atoms with E-state index >= 15 is 0 Å². The van der Waals surface area contributed by atoms with Gasteiger partial charge in [0, 0.05) is 6.26 Å². The molecule has 1 unspecified atom stereocenters. The van der Waals surface area contributed by atoms with Gasteiger partial charge in [0.1, 0.15) is 4.60 Å². The molecule has 3 aromatic rings. The second-order valence-electron chi connectivity index (χ2n) is 6.74. The van der Waals surface area contributed by atoms with Gasteiger partial charge >= 0.3 is 0 Å². The fraction of sp³-hybridized carbons (Fsp3) is 0.190. The van der Waals surface area contributed by atoms with Crippen LogP contribution >= 0.6 is 15.9 Å². The lowest BCUT2D eigenvalue weighted by atomic mass is 9.89. The van der Waals surface area contributed by atoms with E-state index < -0.39 is 15.8 Å². The molecule has 1 atom stereocenters. The van der Waals surface area contributed by atoms with Crippen LogP contribution in [0, 0.1) is 6.92 Å². The predicted octanol–water partition coefficient (Wildman–Crippen LogP) is 3.92. The monoisotopic (exact) mass is 473 g/mol. The van der Waals surface area contributed by atoms with Gasteiger partial charge in [-0.15, -0.1) is 0 Å². The first kappa shape index (κ1) is 21.1. The maximum Gasteiger partial charge on any atom is 0.233 e. The first-order chi connectivity index (χ1) is 13.7. The second-order valence-corrected chi connectivity index (χ2v) is 9.57. The Bertz CT molecular complexity index is 1110. The number of amides is 1. The molecule has 8 heteroatoms. The molecule has 6 nitrogen and oxygen atoms in total. The molecule has 2 aromatic carbocycles. The quantitative estimate of drug-likeness (QED) is 0.585. The molecule has 1 aromatic heterocycles. The number of sulfone groups is 1. The predicted molar refractivity (Wildman–Crippen MR) is 116 cm³/mol. The van der Waals surface area contributed by atoms with E-state index in [1.54, 1.807) is 12.1 Å². The molecular weight excluding hydrogens is 454 g/mol. The number of hydrogen-bond donors (Lipinski definition) is 1. The number of anilines is 1. The maximum absolute atomic E-state index is 13.1. The first-order valence-corrected chi connectivity index (χ1v) is 11.6. The number of carbonyl (C=O) groups is 1. The van der Waals surface area contributed by atoms with Crippen molar-refractivity contribution in [1.82, 2.24) is 9.97 Å². The van der Waals surface area contributed by atoms with Crippen LogP contribution in [0.25, 0.3) is 0 Å². The van der Waals surface area contributed by atoms with Crippen molar-refractivity contribution >= 4 is 37.5 Å². The number of aromatic nitrogens is 2. The average molecular weight is 474 g/mol. The first-order valence-electron chi connectivity index (χ1n) is 8.87. The third kappa shape index (κ3) is 5.48. The van der Waals surface area contributed by atoms with Crippen molar-refractivity contribution < 1.29 is 13.2 Å². The van der Waals surface area contributed by atoms with Gasteiger partial charge in [-0.25, -0.2) is 18.4 Å². The molecular formula is C21H20BrN3O3S. The molecule has 0 radical (unpaired) electrons. The SMILES string of the molecule is Cc1ccccc1CC(C(=O)Nc1cnc(Br)cn1)c1ccc(S(C)(=O)=O)cc1. The van der Waals surface area contributed by atoms with Crippen molar-refractivity contribution in [2.45, 2.75) is 24.2 Å². The van der Waals surface area contributed by atoms with Crippen LogP contribution in [0.4, 0.5) is 5.82 Å². The highest BCUT2D eigenvalue weighted by Crippen LogP contribution is 2.25. The van der Waals surface area contributed by atoms with E-state index in [0.29, 0.717) is 16.8 Å². The number of halogens is 1. The molecule has 3 rings (SSSR count). The van der Waals surface area contributed by atoms with Gasteiger partial charge in [0.05, 0.1) is 23.2 Å². The number of benzene rings is 2. The van der Waals surface area contributed by atoms with E-state index in [1.807, 2.05) is 31.2 Å². The number of carbonyl (C=O) groups excluding carboxylic acids is 1. The summed E-state index contributed by atoms with van der Waals surface area (Å²) in [6, 6.07) is 14.3. The number of nitrogens with one attached hydrogen (secondary N) is 1. The van der Waals surface area contributed by atoms with Crippen molar-refractivity contribution in [3.05, 3.63) is 82.2 Å². The Balaban J connectivity index is 1.93. The number of nitrogens with zero attached hydrogens (tertiary/aromatic N) is 2. The molecule has 0 bridgehead atoms. The molecule has 0 aliphatic heterocycles. The molecule has 1 N–H and O–H groups in total. The summed E-state index contributed by atoms with van der Waals surface area (Å²) in [6.45, 7) is 2.00. The fourth-order valence-electron chi connectivity index (χ4n) is 2.96. The van der Waals surface area contributed by atoms with E-state index in [1.165, 1.54) is 24.5 Å². The highest BCUT2D eigenvalue weighted by atomic mass is 79.9. The van der Waals surface area contributed by atoms with Gasteiger partial charge in [-0.2, -0.15) is 0 Å². The van der Waals surface area contributed by atoms with E-state index in [0.717, 1.165) is 22.9 Å². The van der Waals surface area contributed by atoms with Crippen LogP contribution < -0.4 is 5.32 Å². The minimum absolute atomic E-state index is 0.218. The van der Waals surface area contributed by atoms with Crippen molar-refractivity contribution in [2.75, 3.05) is 11.6 Å². The van der Waals surface area contributed by atoms with Crippen LogP contribution in [-0.4, -0.2) is 30.5 Å². The summed E-state index contributed by atoms with van der Waals surface area (Å²) in [7, 11) is -3.31. The van der Waals surface area contributed by atoms with Crippen LogP contribution in [0.5, 0.6) is 0 Å². The lowest BCUT2D eigenvalue weighted by Crippen LogP contribution is -2.24. The van der Waals surface area contributed by atoms with Crippen LogP contribution in [0.1, 0.15) is 22.6 Å². The molecule has 0 aliphatic carbocycles. The highest BCUT2D eigenvalue weighted by Gasteiger charge is 2.23. The van der Waals surface area contributed by atoms with E-state index in [9.17, 15) is 13.2 Å². The Morgan fingerprint density at radius 2 is 1.76 bits per heavy atom. The minimum atomic E-state index is -3.31. The topological polar surface area (TPSA) is 89.0 Å². The molecule has 0 spiro atoms. The summed E-state index contributed by atoms with van der Waals surface area (Å²) in [5.41, 5.74) is 2.85. The summed E-state index contributed by atoms with van der Waals surface area (Å²) in [6.07, 6.45) is 4.61. The Kier molecular flexibility index (Phi) is 6.44. The van der Waals surface area contributed by atoms with Gasteiger partial charge in [0.15, 0.2) is 15.7 Å². The van der Waals surface area contributed by atoms with Crippen molar-refractivity contribution in [1.29, 1.82) is 0 Å². The normalized spacial score (nSPS) is 12.4. The zero-order valence-corrected chi connectivity index (χ0v) is 18.4. The summed E-state index contributed by atoms with van der Waals surface area (Å²) < 4.78 is 24.1. The van der Waals surface area contributed by atoms with Crippen LogP contribution in [0.3, 0.4) is 0 Å². The van der Waals surface area contributed by atoms with Gasteiger partial charge in [0.2, 0.25) is 5.91 Å². The van der Waals surface area contributed by atoms with Gasteiger partial charge in [-0.1, -0.05) is 36.4 Å². The molecule has 150 valence electrons. The number of rotatable bonds is 6. The Hall–Kier alpha value is -2.58. The smallest absolute Gasteiger partial charge is 0.233 e. The molecule has 0 saturated carbocycles. The summed E-state index contributed by atoms with van der Waals surface area (Å²) in [5, 5.41) is 2.80. The van der Waals surface area contributed by atoms with Crippen LogP contribution in [-0.2, 0) is 21.1 Å². The highest BCUT2D eigenvalue weighted by molar-refractivity contribution is 9.10. The molecule has 0 saturated heterocycles. The van der Waals surface area contributed by atoms with Crippen molar-refractivity contribution in [3.63, 3.8) is 0 Å². The van der Waals surface area contributed by atoms with E-state index in [2.05, 4.69) is 31.2 Å². The molecule has 0 fully saturated rings. The molecule has 1 amide bonds. The van der Waals surface area contributed by atoms with Crippen molar-refractivity contribution in [2.24, 2.45) is 0 Å². The Morgan fingerprint density at radius 1 is 1.07 bits per heavy atom. The van der Waals surface area contributed by atoms with E-state index in [-0.39, 0.29) is 10.8 Å². The molecule has 29 heavy (non-hydrogen) atoms. The third-order valence-electron chi connectivity index (χ3n) is 4.58. The largest absolute Gasteiger partial charge is 0.309 e. The van der Waals surface area contributed by atoms with E-state index in [4.69, 9.17) is 0 Å². The minimum Gasteiger partial charge on any atom is -0.309 e. The second kappa shape index (κ2) is 8.84. The van der Waals surface area contributed by atoms with Gasteiger partial charge < -0.3 is 5.32 Å². The summed E-state index contributed by atoms with van der Waals surface area (Å²) in [4.78, 5) is 21.5. The fourth-order valence-corrected chi connectivity index (χ4v) is 3.79. The average Bonchev–Trinajstić information content (AvgIpc) is 2.68. The lowest BCUT2D eigenvalue weighted by Gasteiger charge is -2.18. The van der Waals surface area contributed by atoms with Crippen molar-refractivity contribution in [3.8, 4) is 0 Å². The zero-order chi connectivity index (χ0) is 21.0. The number of aryl methyl sites for hydroxylation is 1. The molecule has 0 aliphatic rings. The van der Waals surface area contributed by atoms with Gasteiger partial charge in [-0.3, -0.25) is 4.79 Å². The molecule has 1 heterocycles. The number of hydrogen-bond acceptors (Lipinski definition) is 5. The lowest BCUT2D eigenvalue weighted by molar-refractivity contribution is -0.117. The zero-order valence-electron chi connectivity index (χ0n) is 16.0. The third-order valence-corrected chi connectivity index (χ3v) is 6.12. The standard InChI is InChI=1S/C21H20BrN3O3S/c1-14-5-3-4-6-16(14)11-18(15-7-9-17(10-8-15)29(2,27)28)21(26)25-20-13-23-19(22)12-24-20/h3-10,12-13,18H,11H2,1-2H3,(H,24,25,26). The Labute approximate surface area is 178 Å². The van der Waals surface area contributed by atoms with Gasteiger partial charge in [0.25, 0.3) is 0 Å². The van der Waals surface area contributed by atoms with Gasteiger partial charge in [-0.05, 0) is 58.1 Å².